The van der Waals surface area contributed by atoms with E-state index in [1.54, 1.807) is 0 Å². The van der Waals surface area contributed by atoms with Gasteiger partial charge in [-0.1, -0.05) is 12.1 Å². The second kappa shape index (κ2) is 6.21. The summed E-state index contributed by atoms with van der Waals surface area (Å²) < 4.78 is 0. The number of hydrogen-bond acceptors (Lipinski definition) is 5. The Bertz CT molecular complexity index is 589. The molecule has 1 heterocycles. The first-order valence-electron chi connectivity index (χ1n) is 5.99. The van der Waals surface area contributed by atoms with Crippen molar-refractivity contribution in [3.8, 4) is 0 Å². The van der Waals surface area contributed by atoms with Crippen LogP contribution < -0.4 is 5.32 Å². The summed E-state index contributed by atoms with van der Waals surface area (Å²) in [6, 6.07) is 6.29. The number of rotatable bonds is 4. The minimum atomic E-state index is 0.207. The second-order valence-corrected chi connectivity index (χ2v) is 5.46. The quantitative estimate of drug-likeness (QED) is 0.931. The maximum atomic E-state index is 5.91. The summed E-state index contributed by atoms with van der Waals surface area (Å²) in [5.74, 6) is 0.510. The molecule has 0 saturated carbocycles. The molecule has 0 saturated heterocycles. The Labute approximate surface area is 122 Å². The highest BCUT2D eigenvalue weighted by Crippen LogP contribution is 2.29. The smallest absolute Gasteiger partial charge is 0.228 e. The van der Waals surface area contributed by atoms with Gasteiger partial charge in [0.15, 0.2) is 5.16 Å². The summed E-state index contributed by atoms with van der Waals surface area (Å²) in [6.07, 6.45) is 0. The van der Waals surface area contributed by atoms with E-state index in [0.717, 1.165) is 11.4 Å². The monoisotopic (exact) mass is 294 g/mol. The molecule has 19 heavy (non-hydrogen) atoms. The average Bonchev–Trinajstić information content (AvgIpc) is 2.33. The fraction of sp³-hybridized carbons (Fsp3) is 0.308. The number of nitrogens with one attached hydrogen (secondary N) is 1. The largest absolute Gasteiger partial charge is 0.354 e. The lowest BCUT2D eigenvalue weighted by Gasteiger charge is -2.07. The molecule has 1 aromatic carbocycles. The van der Waals surface area contributed by atoms with Gasteiger partial charge >= 0.3 is 0 Å². The van der Waals surface area contributed by atoms with Crippen LogP contribution in [0.4, 0.5) is 5.95 Å². The summed E-state index contributed by atoms with van der Waals surface area (Å²) in [5, 5.41) is 3.85. The normalized spacial score (nSPS) is 10.5. The molecule has 0 amide bonds. The van der Waals surface area contributed by atoms with Gasteiger partial charge in [-0.05, 0) is 61.3 Å². The third-order valence-corrected chi connectivity index (χ3v) is 3.66. The zero-order valence-corrected chi connectivity index (χ0v) is 12.6. The van der Waals surface area contributed by atoms with Crippen LogP contribution in [0.25, 0.3) is 0 Å². The van der Waals surface area contributed by atoms with Gasteiger partial charge in [-0.15, -0.1) is 0 Å². The van der Waals surface area contributed by atoms with Gasteiger partial charge in [0.25, 0.3) is 0 Å². The van der Waals surface area contributed by atoms with Crippen LogP contribution in [0.2, 0.25) is 5.28 Å². The van der Waals surface area contributed by atoms with Crippen LogP contribution in [0.1, 0.15) is 18.1 Å². The molecular formula is C13H15ClN4S. The SMILES string of the molecule is CCNc1nc(Cl)nc(Sc2cc(C)ccc2C)n1. The van der Waals surface area contributed by atoms with Crippen LogP contribution in [0.5, 0.6) is 0 Å². The van der Waals surface area contributed by atoms with Gasteiger partial charge in [0, 0.05) is 11.4 Å². The van der Waals surface area contributed by atoms with Gasteiger partial charge < -0.3 is 5.32 Å². The first-order valence-corrected chi connectivity index (χ1v) is 7.18. The van der Waals surface area contributed by atoms with Crippen molar-refractivity contribution >= 4 is 29.3 Å². The Morgan fingerprint density at radius 1 is 1.21 bits per heavy atom. The molecule has 0 fully saturated rings. The van der Waals surface area contributed by atoms with E-state index in [0.29, 0.717) is 11.1 Å². The van der Waals surface area contributed by atoms with Crippen molar-refractivity contribution in [2.45, 2.75) is 30.8 Å². The third kappa shape index (κ3) is 3.81. The van der Waals surface area contributed by atoms with Gasteiger partial charge in [0.1, 0.15) is 0 Å². The van der Waals surface area contributed by atoms with E-state index in [4.69, 9.17) is 11.6 Å². The van der Waals surface area contributed by atoms with E-state index < -0.39 is 0 Å². The molecule has 4 nitrogen and oxygen atoms in total. The zero-order valence-electron chi connectivity index (χ0n) is 11.1. The molecule has 0 unspecified atom stereocenters. The number of halogens is 1. The van der Waals surface area contributed by atoms with Crippen molar-refractivity contribution in [3.05, 3.63) is 34.6 Å². The van der Waals surface area contributed by atoms with Crippen LogP contribution >= 0.6 is 23.4 Å². The topological polar surface area (TPSA) is 50.7 Å². The van der Waals surface area contributed by atoms with Gasteiger partial charge in [-0.2, -0.15) is 15.0 Å². The Morgan fingerprint density at radius 3 is 2.74 bits per heavy atom. The van der Waals surface area contributed by atoms with Crippen molar-refractivity contribution < 1.29 is 0 Å². The summed E-state index contributed by atoms with van der Waals surface area (Å²) in [6.45, 7) is 6.85. The first kappa shape index (κ1) is 14.1. The van der Waals surface area contributed by atoms with E-state index in [-0.39, 0.29) is 5.28 Å². The summed E-state index contributed by atoms with van der Waals surface area (Å²) in [4.78, 5) is 13.6. The van der Waals surface area contributed by atoms with Crippen molar-refractivity contribution in [2.24, 2.45) is 0 Å². The number of benzene rings is 1. The van der Waals surface area contributed by atoms with Crippen molar-refractivity contribution in [3.63, 3.8) is 0 Å². The first-order chi connectivity index (χ1) is 9.08. The van der Waals surface area contributed by atoms with Gasteiger partial charge in [0.2, 0.25) is 11.2 Å². The van der Waals surface area contributed by atoms with E-state index in [1.165, 1.54) is 22.9 Å². The molecule has 0 bridgehead atoms. The average molecular weight is 295 g/mol. The Balaban J connectivity index is 2.29. The molecule has 0 aliphatic rings. The van der Waals surface area contributed by atoms with Crippen molar-refractivity contribution in [2.75, 3.05) is 11.9 Å². The third-order valence-electron chi connectivity index (χ3n) is 2.47. The number of anilines is 1. The molecule has 0 atom stereocenters. The Hall–Kier alpha value is -1.33. The summed E-state index contributed by atoms with van der Waals surface area (Å²) >= 11 is 7.40. The lowest BCUT2D eigenvalue weighted by atomic mass is 10.2. The summed E-state index contributed by atoms with van der Waals surface area (Å²) in [5.41, 5.74) is 2.40. The molecule has 2 rings (SSSR count). The zero-order chi connectivity index (χ0) is 13.8. The lowest BCUT2D eigenvalue weighted by Crippen LogP contribution is -2.04. The van der Waals surface area contributed by atoms with Crippen molar-refractivity contribution in [1.29, 1.82) is 0 Å². The van der Waals surface area contributed by atoms with Crippen LogP contribution in [-0.4, -0.2) is 21.5 Å². The molecule has 0 radical (unpaired) electrons. The van der Waals surface area contributed by atoms with Crippen LogP contribution in [0.3, 0.4) is 0 Å². The fourth-order valence-electron chi connectivity index (χ4n) is 1.53. The second-order valence-electron chi connectivity index (χ2n) is 4.11. The number of nitrogens with zero attached hydrogens (tertiary/aromatic N) is 3. The highest BCUT2D eigenvalue weighted by molar-refractivity contribution is 7.99. The minimum Gasteiger partial charge on any atom is -0.354 e. The standard InChI is InChI=1S/C13H15ClN4S/c1-4-15-12-16-11(14)17-13(18-12)19-10-7-8(2)5-6-9(10)3/h5-7H,4H2,1-3H3,(H,15,16,17,18). The van der Waals surface area contributed by atoms with Gasteiger partial charge in [-0.3, -0.25) is 0 Å². The minimum absolute atomic E-state index is 0.207. The lowest BCUT2D eigenvalue weighted by molar-refractivity contribution is 0.898. The summed E-state index contributed by atoms with van der Waals surface area (Å²) in [7, 11) is 0. The molecule has 1 aromatic heterocycles. The van der Waals surface area contributed by atoms with Crippen molar-refractivity contribution in [1.82, 2.24) is 15.0 Å². The van der Waals surface area contributed by atoms with Crippen LogP contribution in [0, 0.1) is 13.8 Å². The number of aryl methyl sites for hydroxylation is 2. The van der Waals surface area contributed by atoms with Crippen LogP contribution in [0.15, 0.2) is 28.3 Å². The predicted octanol–water partition coefficient (Wildman–Crippen LogP) is 3.72. The van der Waals surface area contributed by atoms with Crippen LogP contribution in [-0.2, 0) is 0 Å². The molecule has 0 aliphatic carbocycles. The van der Waals surface area contributed by atoms with Gasteiger partial charge in [-0.25, -0.2) is 0 Å². The van der Waals surface area contributed by atoms with E-state index in [1.807, 2.05) is 6.92 Å². The number of hydrogen-bond donors (Lipinski definition) is 1. The highest BCUT2D eigenvalue weighted by atomic mass is 35.5. The fourth-order valence-corrected chi connectivity index (χ4v) is 2.68. The van der Waals surface area contributed by atoms with E-state index >= 15 is 0 Å². The molecular weight excluding hydrogens is 280 g/mol. The van der Waals surface area contributed by atoms with Gasteiger partial charge in [0.05, 0.1) is 0 Å². The molecule has 0 aliphatic heterocycles. The number of aromatic nitrogens is 3. The maximum absolute atomic E-state index is 5.91. The molecule has 1 N–H and O–H groups in total. The molecule has 2 aromatic rings. The molecule has 6 heteroatoms. The van der Waals surface area contributed by atoms with E-state index in [9.17, 15) is 0 Å². The predicted molar refractivity (Wildman–Crippen MR) is 79.0 cm³/mol. The maximum Gasteiger partial charge on any atom is 0.228 e. The Morgan fingerprint density at radius 2 is 2.00 bits per heavy atom. The highest BCUT2D eigenvalue weighted by Gasteiger charge is 2.08. The Kier molecular flexibility index (Phi) is 4.61. The molecule has 100 valence electrons. The molecule has 0 spiro atoms. The van der Waals surface area contributed by atoms with E-state index in [2.05, 4.69) is 52.3 Å².